The fourth-order valence-electron chi connectivity index (χ4n) is 2.77. The first-order chi connectivity index (χ1) is 9.28. The minimum absolute atomic E-state index is 0.197. The molecule has 19 heavy (non-hydrogen) atoms. The maximum atomic E-state index is 12.2. The van der Waals surface area contributed by atoms with Crippen LogP contribution >= 0.6 is 0 Å². The number of piperazine rings is 1. The molecule has 0 aliphatic carbocycles. The van der Waals surface area contributed by atoms with Gasteiger partial charge >= 0.3 is 0 Å². The van der Waals surface area contributed by atoms with Gasteiger partial charge in [-0.15, -0.1) is 0 Å². The van der Waals surface area contributed by atoms with Gasteiger partial charge in [0, 0.05) is 38.4 Å². The van der Waals surface area contributed by atoms with E-state index in [-0.39, 0.29) is 5.91 Å². The van der Waals surface area contributed by atoms with Crippen LogP contribution in [-0.2, 0) is 17.8 Å². The zero-order valence-electron chi connectivity index (χ0n) is 11.1. The van der Waals surface area contributed by atoms with Crippen LogP contribution in [0.1, 0.15) is 11.1 Å². The molecule has 0 spiro atoms. The quantitative estimate of drug-likeness (QED) is 0.796. The van der Waals surface area contributed by atoms with Crippen molar-refractivity contribution >= 4 is 11.6 Å². The molecule has 0 bridgehead atoms. The molecule has 102 valence electrons. The smallest absolute Gasteiger partial charge is 0.232 e. The van der Waals surface area contributed by atoms with E-state index in [1.54, 1.807) is 0 Å². The van der Waals surface area contributed by atoms with Crippen LogP contribution in [0.4, 0.5) is 5.69 Å². The highest BCUT2D eigenvalue weighted by Crippen LogP contribution is 2.29. The van der Waals surface area contributed by atoms with Crippen LogP contribution in [0.5, 0.6) is 0 Å². The minimum atomic E-state index is 0.197. The van der Waals surface area contributed by atoms with E-state index >= 15 is 0 Å². The number of anilines is 1. The van der Waals surface area contributed by atoms with Crippen molar-refractivity contribution in [2.45, 2.75) is 13.0 Å². The number of nitrogens with zero attached hydrogens (tertiary/aromatic N) is 2. The molecule has 1 aromatic rings. The molecule has 3 rings (SSSR count). The van der Waals surface area contributed by atoms with Gasteiger partial charge in [-0.25, -0.2) is 0 Å². The summed E-state index contributed by atoms with van der Waals surface area (Å²) in [5.74, 6) is 0.197. The van der Waals surface area contributed by atoms with Crippen LogP contribution in [-0.4, -0.2) is 43.7 Å². The first kappa shape index (κ1) is 12.6. The fraction of sp³-hybridized carbons (Fsp3) is 0.500. The zero-order chi connectivity index (χ0) is 13.2. The SMILES string of the molecule is NCc1ccc2c(c1)CC(=O)N2CN1CCNCC1. The molecule has 0 atom stereocenters. The van der Waals surface area contributed by atoms with Crippen molar-refractivity contribution in [1.29, 1.82) is 0 Å². The molecule has 2 aliphatic heterocycles. The first-order valence-corrected chi connectivity index (χ1v) is 6.83. The summed E-state index contributed by atoms with van der Waals surface area (Å²) in [6.07, 6.45) is 0.509. The van der Waals surface area contributed by atoms with Gasteiger partial charge in [0.15, 0.2) is 0 Å². The van der Waals surface area contributed by atoms with Crippen molar-refractivity contribution in [3.63, 3.8) is 0 Å². The van der Waals surface area contributed by atoms with Crippen LogP contribution in [0.15, 0.2) is 18.2 Å². The standard InChI is InChI=1S/C14H20N4O/c15-9-11-1-2-13-12(7-11)8-14(19)18(13)10-17-5-3-16-4-6-17/h1-2,7,16H,3-6,8-10,15H2. The number of rotatable bonds is 3. The molecule has 1 amide bonds. The van der Waals surface area contributed by atoms with Crippen molar-refractivity contribution in [1.82, 2.24) is 10.2 Å². The lowest BCUT2D eigenvalue weighted by atomic mass is 10.1. The van der Waals surface area contributed by atoms with Crippen molar-refractivity contribution in [2.24, 2.45) is 5.73 Å². The summed E-state index contributed by atoms with van der Waals surface area (Å²) in [7, 11) is 0. The van der Waals surface area contributed by atoms with Gasteiger partial charge in [0.2, 0.25) is 5.91 Å². The van der Waals surface area contributed by atoms with Gasteiger partial charge in [-0.1, -0.05) is 12.1 Å². The summed E-state index contributed by atoms with van der Waals surface area (Å²) in [6, 6.07) is 6.11. The highest BCUT2D eigenvalue weighted by atomic mass is 16.2. The second-order valence-electron chi connectivity index (χ2n) is 5.18. The Morgan fingerprint density at radius 3 is 2.79 bits per heavy atom. The normalized spacial score (nSPS) is 19.8. The summed E-state index contributed by atoms with van der Waals surface area (Å²) in [4.78, 5) is 16.4. The number of hydrogen-bond donors (Lipinski definition) is 2. The van der Waals surface area contributed by atoms with Crippen molar-refractivity contribution in [2.75, 3.05) is 37.7 Å². The first-order valence-electron chi connectivity index (χ1n) is 6.83. The molecule has 1 saturated heterocycles. The predicted octanol–water partition coefficient (Wildman–Crippen LogP) is -0.103. The largest absolute Gasteiger partial charge is 0.326 e. The van der Waals surface area contributed by atoms with E-state index in [0.717, 1.165) is 43.0 Å². The summed E-state index contributed by atoms with van der Waals surface area (Å²) >= 11 is 0. The number of carbonyl (C=O) groups excluding carboxylic acids is 1. The summed E-state index contributed by atoms with van der Waals surface area (Å²) in [5, 5.41) is 3.33. The van der Waals surface area contributed by atoms with E-state index in [1.807, 2.05) is 17.0 Å². The van der Waals surface area contributed by atoms with Crippen molar-refractivity contribution in [3.05, 3.63) is 29.3 Å². The molecule has 2 heterocycles. The van der Waals surface area contributed by atoms with Gasteiger partial charge < -0.3 is 11.1 Å². The third kappa shape index (κ3) is 2.49. The second-order valence-corrected chi connectivity index (χ2v) is 5.18. The number of amides is 1. The van der Waals surface area contributed by atoms with Crippen molar-refractivity contribution in [3.8, 4) is 0 Å². The Labute approximate surface area is 113 Å². The number of carbonyl (C=O) groups is 1. The van der Waals surface area contributed by atoms with Crippen LogP contribution in [0.2, 0.25) is 0 Å². The lowest BCUT2D eigenvalue weighted by molar-refractivity contribution is -0.117. The van der Waals surface area contributed by atoms with Crippen LogP contribution in [0.3, 0.4) is 0 Å². The maximum Gasteiger partial charge on any atom is 0.232 e. The fourth-order valence-corrected chi connectivity index (χ4v) is 2.77. The average Bonchev–Trinajstić information content (AvgIpc) is 2.75. The van der Waals surface area contributed by atoms with E-state index < -0.39 is 0 Å². The summed E-state index contributed by atoms with van der Waals surface area (Å²) in [5.41, 5.74) is 8.91. The van der Waals surface area contributed by atoms with Gasteiger partial charge in [-0.3, -0.25) is 14.6 Å². The van der Waals surface area contributed by atoms with Gasteiger partial charge in [-0.2, -0.15) is 0 Å². The van der Waals surface area contributed by atoms with Crippen LogP contribution < -0.4 is 16.0 Å². The average molecular weight is 260 g/mol. The lowest BCUT2D eigenvalue weighted by Gasteiger charge is -2.31. The van der Waals surface area contributed by atoms with E-state index in [1.165, 1.54) is 0 Å². The second kappa shape index (κ2) is 5.28. The van der Waals surface area contributed by atoms with E-state index in [2.05, 4.69) is 16.3 Å². The van der Waals surface area contributed by atoms with Crippen LogP contribution in [0, 0.1) is 0 Å². The highest BCUT2D eigenvalue weighted by molar-refractivity contribution is 6.01. The zero-order valence-corrected chi connectivity index (χ0v) is 11.1. The minimum Gasteiger partial charge on any atom is -0.326 e. The molecule has 5 heteroatoms. The number of nitrogens with two attached hydrogens (primary N) is 1. The maximum absolute atomic E-state index is 12.2. The molecule has 0 radical (unpaired) electrons. The Bertz CT molecular complexity index is 482. The summed E-state index contributed by atoms with van der Waals surface area (Å²) in [6.45, 7) is 5.23. The number of fused-ring (bicyclic) bond motifs is 1. The molecular formula is C14H20N4O. The Balaban J connectivity index is 1.78. The summed E-state index contributed by atoms with van der Waals surface area (Å²) < 4.78 is 0. The Hall–Kier alpha value is -1.43. The highest BCUT2D eigenvalue weighted by Gasteiger charge is 2.28. The molecule has 3 N–H and O–H groups in total. The number of hydrogen-bond acceptors (Lipinski definition) is 4. The predicted molar refractivity (Wildman–Crippen MR) is 74.8 cm³/mol. The van der Waals surface area contributed by atoms with Gasteiger partial charge in [0.05, 0.1) is 13.1 Å². The van der Waals surface area contributed by atoms with Gasteiger partial charge in [-0.05, 0) is 17.2 Å². The molecule has 2 aliphatic rings. The molecule has 5 nitrogen and oxygen atoms in total. The molecule has 1 aromatic carbocycles. The van der Waals surface area contributed by atoms with Gasteiger partial charge in [0.25, 0.3) is 0 Å². The Kier molecular flexibility index (Phi) is 3.50. The Morgan fingerprint density at radius 1 is 1.26 bits per heavy atom. The molecular weight excluding hydrogens is 240 g/mol. The van der Waals surface area contributed by atoms with E-state index in [4.69, 9.17) is 5.73 Å². The monoisotopic (exact) mass is 260 g/mol. The van der Waals surface area contributed by atoms with Gasteiger partial charge in [0.1, 0.15) is 0 Å². The topological polar surface area (TPSA) is 61.6 Å². The van der Waals surface area contributed by atoms with Crippen LogP contribution in [0.25, 0.3) is 0 Å². The molecule has 1 fully saturated rings. The van der Waals surface area contributed by atoms with E-state index in [9.17, 15) is 4.79 Å². The molecule has 0 saturated carbocycles. The molecule has 0 unspecified atom stereocenters. The Morgan fingerprint density at radius 2 is 2.05 bits per heavy atom. The van der Waals surface area contributed by atoms with Crippen molar-refractivity contribution < 1.29 is 4.79 Å². The third-order valence-electron chi connectivity index (χ3n) is 3.86. The third-order valence-corrected chi connectivity index (χ3v) is 3.86. The lowest BCUT2D eigenvalue weighted by Crippen LogP contribution is -2.49. The van der Waals surface area contributed by atoms with E-state index in [0.29, 0.717) is 19.6 Å². The number of benzene rings is 1. The number of nitrogens with one attached hydrogen (secondary N) is 1. The molecule has 0 aromatic heterocycles.